The first-order chi connectivity index (χ1) is 15.4. The van der Waals surface area contributed by atoms with E-state index in [1.807, 2.05) is 6.92 Å². The average molecular weight is 461 g/mol. The maximum absolute atomic E-state index is 12.2. The van der Waals surface area contributed by atoms with Crippen LogP contribution in [0.1, 0.15) is 48.0 Å². The molecular weight excluding hydrogens is 428 g/mol. The Kier molecular flexibility index (Phi) is 7.17. The van der Waals surface area contributed by atoms with Gasteiger partial charge < -0.3 is 30.1 Å². The number of nitrogens with one attached hydrogen (secondary N) is 1. The second-order valence-electron chi connectivity index (χ2n) is 8.45. The normalized spacial score (nSPS) is 18.1. The molecule has 32 heavy (non-hydrogen) atoms. The molecule has 2 aromatic rings. The number of hydrogen-bond acceptors (Lipinski definition) is 9. The zero-order chi connectivity index (χ0) is 22.7. The smallest absolute Gasteiger partial charge is 0.350 e. The van der Waals surface area contributed by atoms with Crippen LogP contribution in [0.3, 0.4) is 0 Å². The summed E-state index contributed by atoms with van der Waals surface area (Å²) in [6.07, 6.45) is 2.59. The third-order valence-corrected chi connectivity index (χ3v) is 7.12. The molecule has 0 unspecified atom stereocenters. The molecule has 2 aliphatic rings. The van der Waals surface area contributed by atoms with Crippen LogP contribution < -0.4 is 15.1 Å². The fourth-order valence-corrected chi connectivity index (χ4v) is 5.12. The standard InChI is InChI=1S/C23H32N4O4S/c1-3-31-22(30)21-15(2)24-23(32-21)25-16-12-17(26-8-4-19(28)5-9-26)14-18(13-16)27-10-6-20(29)7-11-27/h12-14,19-20,28-29H,3-11H2,1-2H3,(H,24,25). The van der Waals surface area contributed by atoms with Crippen LogP contribution in [0, 0.1) is 6.92 Å². The molecule has 0 saturated carbocycles. The Morgan fingerprint density at radius 2 is 1.59 bits per heavy atom. The lowest BCUT2D eigenvalue weighted by Gasteiger charge is -2.35. The van der Waals surface area contributed by atoms with Gasteiger partial charge in [0.05, 0.1) is 24.5 Å². The number of carbonyl (C=O) groups is 1. The number of hydrogen-bond donors (Lipinski definition) is 3. The lowest BCUT2D eigenvalue weighted by Crippen LogP contribution is -2.37. The van der Waals surface area contributed by atoms with Crippen molar-refractivity contribution in [3.8, 4) is 0 Å². The van der Waals surface area contributed by atoms with Crippen molar-refractivity contribution in [2.75, 3.05) is 47.9 Å². The lowest BCUT2D eigenvalue weighted by atomic mass is 10.0. The number of anilines is 4. The molecule has 0 bridgehead atoms. The summed E-state index contributed by atoms with van der Waals surface area (Å²) in [7, 11) is 0. The molecule has 0 atom stereocenters. The predicted octanol–water partition coefficient (Wildman–Crippen LogP) is 3.29. The van der Waals surface area contributed by atoms with E-state index in [1.54, 1.807) is 6.92 Å². The Hall–Kier alpha value is -2.36. The minimum absolute atomic E-state index is 0.227. The van der Waals surface area contributed by atoms with Gasteiger partial charge in [0.25, 0.3) is 0 Å². The Balaban J connectivity index is 1.60. The van der Waals surface area contributed by atoms with E-state index >= 15 is 0 Å². The van der Waals surface area contributed by atoms with Crippen LogP contribution in [-0.4, -0.2) is 66.2 Å². The molecule has 0 radical (unpaired) electrons. The largest absolute Gasteiger partial charge is 0.462 e. The number of esters is 1. The molecule has 0 aliphatic carbocycles. The SMILES string of the molecule is CCOC(=O)c1sc(Nc2cc(N3CCC(O)CC3)cc(N3CCC(O)CC3)c2)nc1C. The quantitative estimate of drug-likeness (QED) is 0.565. The van der Waals surface area contributed by atoms with E-state index < -0.39 is 0 Å². The summed E-state index contributed by atoms with van der Waals surface area (Å²) in [6, 6.07) is 6.39. The summed E-state index contributed by atoms with van der Waals surface area (Å²) < 4.78 is 5.14. The number of aromatic nitrogens is 1. The van der Waals surface area contributed by atoms with Gasteiger partial charge >= 0.3 is 5.97 Å². The average Bonchev–Trinajstić information content (AvgIpc) is 3.14. The van der Waals surface area contributed by atoms with Crippen molar-refractivity contribution < 1.29 is 19.7 Å². The van der Waals surface area contributed by atoms with Crippen molar-refractivity contribution in [3.05, 3.63) is 28.8 Å². The highest BCUT2D eigenvalue weighted by Gasteiger charge is 2.22. The fraction of sp³-hybridized carbons (Fsp3) is 0.565. The van der Waals surface area contributed by atoms with Gasteiger partial charge in [-0.05, 0) is 57.7 Å². The number of aliphatic hydroxyl groups excluding tert-OH is 2. The van der Waals surface area contributed by atoms with E-state index in [0.29, 0.717) is 22.3 Å². The molecule has 174 valence electrons. The van der Waals surface area contributed by atoms with E-state index in [0.717, 1.165) is 68.9 Å². The van der Waals surface area contributed by atoms with Crippen molar-refractivity contribution in [2.24, 2.45) is 0 Å². The van der Waals surface area contributed by atoms with Crippen molar-refractivity contribution in [1.29, 1.82) is 0 Å². The number of aryl methyl sites for hydroxylation is 1. The molecule has 2 aliphatic heterocycles. The molecule has 0 amide bonds. The van der Waals surface area contributed by atoms with Crippen LogP contribution in [0.5, 0.6) is 0 Å². The topological polar surface area (TPSA) is 98.2 Å². The number of piperidine rings is 2. The van der Waals surface area contributed by atoms with Crippen molar-refractivity contribution in [1.82, 2.24) is 4.98 Å². The molecule has 2 saturated heterocycles. The molecule has 4 rings (SSSR count). The lowest BCUT2D eigenvalue weighted by molar-refractivity contribution is 0.0531. The number of benzene rings is 1. The Bertz CT molecular complexity index is 894. The van der Waals surface area contributed by atoms with Crippen LogP contribution in [-0.2, 0) is 4.74 Å². The Labute approximate surface area is 192 Å². The van der Waals surface area contributed by atoms with Gasteiger partial charge in [0, 0.05) is 43.2 Å². The zero-order valence-electron chi connectivity index (χ0n) is 18.7. The Morgan fingerprint density at radius 1 is 1.06 bits per heavy atom. The molecule has 9 heteroatoms. The van der Waals surface area contributed by atoms with E-state index in [2.05, 4.69) is 38.3 Å². The molecule has 0 spiro atoms. The number of ether oxygens (including phenoxy) is 1. The van der Waals surface area contributed by atoms with Gasteiger partial charge in [-0.3, -0.25) is 0 Å². The maximum Gasteiger partial charge on any atom is 0.350 e. The molecule has 3 heterocycles. The van der Waals surface area contributed by atoms with Crippen LogP contribution in [0.4, 0.5) is 22.2 Å². The number of carbonyl (C=O) groups excluding carboxylic acids is 1. The Morgan fingerprint density at radius 3 is 2.09 bits per heavy atom. The fourth-order valence-electron chi connectivity index (χ4n) is 4.24. The summed E-state index contributed by atoms with van der Waals surface area (Å²) in [6.45, 7) is 7.18. The van der Waals surface area contributed by atoms with Gasteiger partial charge in [-0.2, -0.15) is 0 Å². The van der Waals surface area contributed by atoms with E-state index in [-0.39, 0.29) is 18.2 Å². The number of rotatable bonds is 6. The van der Waals surface area contributed by atoms with Gasteiger partial charge in [-0.25, -0.2) is 9.78 Å². The van der Waals surface area contributed by atoms with Gasteiger partial charge in [0.1, 0.15) is 4.88 Å². The predicted molar refractivity (Wildman–Crippen MR) is 127 cm³/mol. The monoisotopic (exact) mass is 460 g/mol. The van der Waals surface area contributed by atoms with E-state index in [9.17, 15) is 15.0 Å². The highest BCUT2D eigenvalue weighted by Crippen LogP contribution is 2.34. The van der Waals surface area contributed by atoms with Crippen molar-refractivity contribution >= 4 is 39.5 Å². The van der Waals surface area contributed by atoms with Crippen LogP contribution >= 0.6 is 11.3 Å². The highest BCUT2D eigenvalue weighted by molar-refractivity contribution is 7.17. The van der Waals surface area contributed by atoms with Crippen LogP contribution in [0.2, 0.25) is 0 Å². The van der Waals surface area contributed by atoms with Gasteiger partial charge in [0.15, 0.2) is 5.13 Å². The van der Waals surface area contributed by atoms with Crippen molar-refractivity contribution in [3.63, 3.8) is 0 Å². The van der Waals surface area contributed by atoms with E-state index in [4.69, 9.17) is 4.74 Å². The van der Waals surface area contributed by atoms with Gasteiger partial charge in [-0.15, -0.1) is 0 Å². The van der Waals surface area contributed by atoms with Gasteiger partial charge in [-0.1, -0.05) is 11.3 Å². The van der Waals surface area contributed by atoms with Crippen molar-refractivity contribution in [2.45, 2.75) is 51.7 Å². The second kappa shape index (κ2) is 10.1. The first kappa shape index (κ1) is 22.8. The number of aliphatic hydroxyl groups is 2. The van der Waals surface area contributed by atoms with Crippen LogP contribution in [0.25, 0.3) is 0 Å². The minimum Gasteiger partial charge on any atom is -0.462 e. The molecule has 8 nitrogen and oxygen atoms in total. The summed E-state index contributed by atoms with van der Waals surface area (Å²) in [5, 5.41) is 23.8. The number of nitrogens with zero attached hydrogens (tertiary/aromatic N) is 3. The summed E-state index contributed by atoms with van der Waals surface area (Å²) in [5.41, 5.74) is 3.75. The first-order valence-electron chi connectivity index (χ1n) is 11.4. The molecule has 2 fully saturated rings. The van der Waals surface area contributed by atoms with E-state index in [1.165, 1.54) is 11.3 Å². The summed E-state index contributed by atoms with van der Waals surface area (Å²) in [5.74, 6) is -0.344. The zero-order valence-corrected chi connectivity index (χ0v) is 19.5. The highest BCUT2D eigenvalue weighted by atomic mass is 32.1. The third kappa shape index (κ3) is 5.33. The summed E-state index contributed by atoms with van der Waals surface area (Å²) >= 11 is 1.30. The molecule has 1 aromatic carbocycles. The minimum atomic E-state index is -0.344. The van der Waals surface area contributed by atoms with Crippen LogP contribution in [0.15, 0.2) is 18.2 Å². The number of thiazole rings is 1. The second-order valence-corrected chi connectivity index (χ2v) is 9.45. The third-order valence-electron chi connectivity index (χ3n) is 6.07. The first-order valence-corrected chi connectivity index (χ1v) is 12.2. The van der Waals surface area contributed by atoms with Gasteiger partial charge in [0.2, 0.25) is 0 Å². The molecule has 1 aromatic heterocycles. The summed E-state index contributed by atoms with van der Waals surface area (Å²) in [4.78, 5) is 21.8. The molecular formula is C23H32N4O4S. The maximum atomic E-state index is 12.2. The molecule has 3 N–H and O–H groups in total.